The molecule has 16 heavy (non-hydrogen) atoms. The number of nitrogens with two attached hydrogens (primary N) is 1. The second-order valence-electron chi connectivity index (χ2n) is 3.44. The van der Waals surface area contributed by atoms with Crippen molar-refractivity contribution in [1.82, 2.24) is 10.2 Å². The van der Waals surface area contributed by atoms with Gasteiger partial charge in [-0.1, -0.05) is 6.07 Å². The number of hydrogen-bond acceptors (Lipinski definition) is 5. The zero-order chi connectivity index (χ0) is 11.4. The first-order valence-electron chi connectivity index (χ1n) is 5.11. The van der Waals surface area contributed by atoms with Crippen LogP contribution in [0.2, 0.25) is 0 Å². The molecule has 0 radical (unpaired) electrons. The maximum atomic E-state index is 9.32. The third-order valence-corrected chi connectivity index (χ3v) is 2.15. The Balaban J connectivity index is 2.18. The van der Waals surface area contributed by atoms with Gasteiger partial charge in [0.15, 0.2) is 0 Å². The lowest BCUT2D eigenvalue weighted by Gasteiger charge is -1.95. The number of aromatic nitrogens is 2. The van der Waals surface area contributed by atoms with E-state index in [0.29, 0.717) is 30.3 Å². The van der Waals surface area contributed by atoms with Crippen LogP contribution >= 0.6 is 0 Å². The van der Waals surface area contributed by atoms with Crippen LogP contribution in [0.5, 0.6) is 5.75 Å². The Labute approximate surface area is 92.9 Å². The van der Waals surface area contributed by atoms with Crippen molar-refractivity contribution in [3.05, 3.63) is 30.2 Å². The maximum Gasteiger partial charge on any atom is 0.247 e. The molecule has 0 aliphatic heterocycles. The summed E-state index contributed by atoms with van der Waals surface area (Å²) in [6.07, 6.45) is 1.50. The van der Waals surface area contributed by atoms with E-state index >= 15 is 0 Å². The minimum absolute atomic E-state index is 0.180. The Morgan fingerprint density at radius 1 is 1.31 bits per heavy atom. The summed E-state index contributed by atoms with van der Waals surface area (Å²) in [5.74, 6) is 1.17. The van der Waals surface area contributed by atoms with Gasteiger partial charge in [0.25, 0.3) is 0 Å². The normalized spacial score (nSPS) is 10.6. The average molecular weight is 219 g/mol. The third kappa shape index (κ3) is 2.38. The van der Waals surface area contributed by atoms with Crippen LogP contribution in [-0.4, -0.2) is 21.8 Å². The van der Waals surface area contributed by atoms with Gasteiger partial charge in [-0.05, 0) is 31.2 Å². The Hall–Kier alpha value is -1.88. The molecular weight excluding hydrogens is 206 g/mol. The zero-order valence-corrected chi connectivity index (χ0v) is 8.76. The maximum absolute atomic E-state index is 9.32. The van der Waals surface area contributed by atoms with E-state index in [9.17, 15) is 5.11 Å². The van der Waals surface area contributed by atoms with Crippen molar-refractivity contribution in [2.75, 3.05) is 6.54 Å². The minimum Gasteiger partial charge on any atom is -0.508 e. The summed E-state index contributed by atoms with van der Waals surface area (Å²) in [5, 5.41) is 17.1. The third-order valence-electron chi connectivity index (χ3n) is 2.15. The van der Waals surface area contributed by atoms with E-state index in [2.05, 4.69) is 10.2 Å². The summed E-state index contributed by atoms with van der Waals surface area (Å²) in [6, 6.07) is 6.71. The highest BCUT2D eigenvalue weighted by molar-refractivity contribution is 5.54. The number of phenols is 1. The second kappa shape index (κ2) is 4.76. The van der Waals surface area contributed by atoms with E-state index in [4.69, 9.17) is 10.2 Å². The smallest absolute Gasteiger partial charge is 0.247 e. The van der Waals surface area contributed by atoms with Gasteiger partial charge in [0, 0.05) is 12.0 Å². The molecule has 3 N–H and O–H groups in total. The molecule has 2 rings (SSSR count). The molecule has 5 nitrogen and oxygen atoms in total. The van der Waals surface area contributed by atoms with Crippen molar-refractivity contribution in [3.8, 4) is 17.2 Å². The largest absolute Gasteiger partial charge is 0.508 e. The number of rotatable bonds is 4. The average Bonchev–Trinajstić information content (AvgIpc) is 2.75. The summed E-state index contributed by atoms with van der Waals surface area (Å²) < 4.78 is 5.44. The molecule has 0 unspecified atom stereocenters. The molecule has 0 saturated heterocycles. The quantitative estimate of drug-likeness (QED) is 0.810. The zero-order valence-electron chi connectivity index (χ0n) is 8.76. The molecule has 5 heteroatoms. The van der Waals surface area contributed by atoms with Gasteiger partial charge in [0.05, 0.1) is 0 Å². The van der Waals surface area contributed by atoms with Gasteiger partial charge >= 0.3 is 0 Å². The van der Waals surface area contributed by atoms with Crippen LogP contribution in [0.4, 0.5) is 0 Å². The standard InChI is InChI=1S/C11H13N3O2/c12-6-2-5-10-13-14-11(16-10)8-3-1-4-9(15)7-8/h1,3-4,7,15H,2,5-6,12H2. The minimum atomic E-state index is 0.180. The Kier molecular flexibility index (Phi) is 3.16. The van der Waals surface area contributed by atoms with E-state index in [0.717, 1.165) is 6.42 Å². The predicted molar refractivity (Wildman–Crippen MR) is 58.8 cm³/mol. The lowest BCUT2D eigenvalue weighted by molar-refractivity contribution is 0.474. The Bertz CT molecular complexity index is 468. The molecule has 84 valence electrons. The molecule has 0 atom stereocenters. The van der Waals surface area contributed by atoms with Crippen LogP contribution in [0.25, 0.3) is 11.5 Å². The van der Waals surface area contributed by atoms with Crippen molar-refractivity contribution in [2.45, 2.75) is 12.8 Å². The number of hydrogen-bond donors (Lipinski definition) is 2. The first-order chi connectivity index (χ1) is 7.79. The molecule has 2 aromatic rings. The molecule has 0 saturated carbocycles. The van der Waals surface area contributed by atoms with Crippen LogP contribution in [-0.2, 0) is 6.42 Å². The lowest BCUT2D eigenvalue weighted by atomic mass is 10.2. The summed E-state index contributed by atoms with van der Waals surface area (Å²) in [5.41, 5.74) is 6.11. The van der Waals surface area contributed by atoms with Crippen molar-refractivity contribution in [1.29, 1.82) is 0 Å². The van der Waals surface area contributed by atoms with Gasteiger partial charge < -0.3 is 15.3 Å². The van der Waals surface area contributed by atoms with Gasteiger partial charge in [-0.25, -0.2) is 0 Å². The molecule has 0 amide bonds. The molecule has 0 fully saturated rings. The molecule has 0 aliphatic carbocycles. The highest BCUT2D eigenvalue weighted by Gasteiger charge is 2.08. The summed E-state index contributed by atoms with van der Waals surface area (Å²) in [7, 11) is 0. The monoisotopic (exact) mass is 219 g/mol. The molecule has 1 aromatic heterocycles. The molecular formula is C11H13N3O2. The van der Waals surface area contributed by atoms with Crippen LogP contribution < -0.4 is 5.73 Å². The highest BCUT2D eigenvalue weighted by atomic mass is 16.4. The fraction of sp³-hybridized carbons (Fsp3) is 0.273. The lowest BCUT2D eigenvalue weighted by Crippen LogP contribution is -2.00. The molecule has 0 spiro atoms. The number of aromatic hydroxyl groups is 1. The van der Waals surface area contributed by atoms with Gasteiger partial charge in [-0.15, -0.1) is 10.2 Å². The molecule has 0 aliphatic rings. The topological polar surface area (TPSA) is 85.2 Å². The fourth-order valence-electron chi connectivity index (χ4n) is 1.36. The number of benzene rings is 1. The van der Waals surface area contributed by atoms with Gasteiger partial charge in [0.2, 0.25) is 11.8 Å². The molecule has 1 heterocycles. The van der Waals surface area contributed by atoms with Crippen molar-refractivity contribution in [3.63, 3.8) is 0 Å². The SMILES string of the molecule is NCCCc1nnc(-c2cccc(O)c2)o1. The number of phenolic OH excluding ortho intramolecular Hbond substituents is 1. The Morgan fingerprint density at radius 3 is 2.94 bits per heavy atom. The first kappa shape index (κ1) is 10.6. The fourth-order valence-corrected chi connectivity index (χ4v) is 1.36. The van der Waals surface area contributed by atoms with Gasteiger partial charge in [-0.3, -0.25) is 0 Å². The van der Waals surface area contributed by atoms with Crippen molar-refractivity contribution in [2.24, 2.45) is 5.73 Å². The van der Waals surface area contributed by atoms with Crippen LogP contribution in [0.3, 0.4) is 0 Å². The molecule has 0 bridgehead atoms. The summed E-state index contributed by atoms with van der Waals surface area (Å²) in [6.45, 7) is 0.601. The van der Waals surface area contributed by atoms with E-state index in [1.54, 1.807) is 24.3 Å². The Morgan fingerprint density at radius 2 is 2.19 bits per heavy atom. The highest BCUT2D eigenvalue weighted by Crippen LogP contribution is 2.21. The van der Waals surface area contributed by atoms with Gasteiger partial charge in [-0.2, -0.15) is 0 Å². The van der Waals surface area contributed by atoms with E-state index in [-0.39, 0.29) is 5.75 Å². The van der Waals surface area contributed by atoms with E-state index in [1.165, 1.54) is 0 Å². The van der Waals surface area contributed by atoms with Crippen molar-refractivity contribution < 1.29 is 9.52 Å². The van der Waals surface area contributed by atoms with E-state index < -0.39 is 0 Å². The van der Waals surface area contributed by atoms with Crippen molar-refractivity contribution >= 4 is 0 Å². The van der Waals surface area contributed by atoms with E-state index in [1.807, 2.05) is 0 Å². The predicted octanol–water partition coefficient (Wildman–Crippen LogP) is 1.33. The van der Waals surface area contributed by atoms with Crippen LogP contribution in [0, 0.1) is 0 Å². The number of aryl methyl sites for hydroxylation is 1. The summed E-state index contributed by atoms with van der Waals surface area (Å²) in [4.78, 5) is 0. The number of nitrogens with zero attached hydrogens (tertiary/aromatic N) is 2. The van der Waals surface area contributed by atoms with Gasteiger partial charge in [0.1, 0.15) is 5.75 Å². The first-order valence-corrected chi connectivity index (χ1v) is 5.11. The second-order valence-corrected chi connectivity index (χ2v) is 3.44. The summed E-state index contributed by atoms with van der Waals surface area (Å²) >= 11 is 0. The molecule has 1 aromatic carbocycles. The van der Waals surface area contributed by atoms with Crippen LogP contribution in [0.15, 0.2) is 28.7 Å². The van der Waals surface area contributed by atoms with Crippen LogP contribution in [0.1, 0.15) is 12.3 Å².